The Balaban J connectivity index is 1.66. The van der Waals surface area contributed by atoms with E-state index in [0.717, 1.165) is 32.1 Å². The van der Waals surface area contributed by atoms with Crippen molar-refractivity contribution < 1.29 is 23.4 Å². The number of nitrogens with zero attached hydrogens (tertiary/aromatic N) is 1. The highest BCUT2D eigenvalue weighted by Crippen LogP contribution is 2.26. The molecule has 3 N–H and O–H groups in total. The number of rotatable bonds is 6. The molecule has 3 rings (SSSR count). The predicted molar refractivity (Wildman–Crippen MR) is 116 cm³/mol. The fourth-order valence-electron chi connectivity index (χ4n) is 3.41. The van der Waals surface area contributed by atoms with Crippen molar-refractivity contribution >= 4 is 27.7 Å². The highest BCUT2D eigenvalue weighted by molar-refractivity contribution is 7.89. The Morgan fingerprint density at radius 3 is 2.33 bits per heavy atom. The van der Waals surface area contributed by atoms with E-state index in [9.17, 15) is 23.4 Å². The first-order chi connectivity index (χ1) is 14.3. The lowest BCUT2D eigenvalue weighted by molar-refractivity contribution is -0.113. The Bertz CT molecular complexity index is 1030. The third-order valence-corrected chi connectivity index (χ3v) is 6.75. The van der Waals surface area contributed by atoms with Gasteiger partial charge in [0, 0.05) is 24.9 Å². The Kier molecular flexibility index (Phi) is 6.79. The van der Waals surface area contributed by atoms with Gasteiger partial charge in [-0.25, -0.2) is 13.1 Å². The summed E-state index contributed by atoms with van der Waals surface area (Å²) >= 11 is 0. The highest BCUT2D eigenvalue weighted by atomic mass is 32.2. The average molecular weight is 431 g/mol. The first-order valence-corrected chi connectivity index (χ1v) is 11.3. The minimum atomic E-state index is -3.59. The molecule has 7 nitrogen and oxygen atoms in total. The second kappa shape index (κ2) is 9.32. The van der Waals surface area contributed by atoms with Crippen molar-refractivity contribution in [3.05, 3.63) is 54.1 Å². The van der Waals surface area contributed by atoms with Crippen LogP contribution in [-0.2, 0) is 14.8 Å². The zero-order valence-electron chi connectivity index (χ0n) is 16.8. The van der Waals surface area contributed by atoms with Crippen LogP contribution in [0.2, 0.25) is 0 Å². The molecule has 0 bridgehead atoms. The summed E-state index contributed by atoms with van der Waals surface area (Å²) in [4.78, 5) is 14.0. The number of anilines is 1. The number of amides is 1. The van der Waals surface area contributed by atoms with Crippen molar-refractivity contribution in [3.8, 4) is 11.5 Å². The molecule has 1 saturated carbocycles. The summed E-state index contributed by atoms with van der Waals surface area (Å²) < 4.78 is 27.9. The second-order valence-electron chi connectivity index (χ2n) is 7.43. The van der Waals surface area contributed by atoms with Gasteiger partial charge in [-0.15, -0.1) is 0 Å². The van der Waals surface area contributed by atoms with Crippen LogP contribution in [0.15, 0.2) is 53.4 Å². The standard InChI is InChI=1S/C22H26N2O5S/c1-24(22(27)14-8-16-7-13-20(25)21(26)15-16)18-9-11-19(12-10-18)30(28,29)23-17-5-3-2-4-6-17/h7-15,17,23,25-26H,2-6H2,1H3. The number of nitrogens with one attached hydrogen (secondary N) is 1. The molecule has 160 valence electrons. The molecule has 30 heavy (non-hydrogen) atoms. The van der Waals surface area contributed by atoms with Crippen molar-refractivity contribution in [2.24, 2.45) is 0 Å². The minimum absolute atomic E-state index is 0.0165. The SMILES string of the molecule is CN(C(=O)C=Cc1ccc(O)c(O)c1)c1ccc(S(=O)(=O)NC2CCCCC2)cc1. The molecule has 1 fully saturated rings. The van der Waals surface area contributed by atoms with E-state index < -0.39 is 10.0 Å². The summed E-state index contributed by atoms with van der Waals surface area (Å²) in [6.07, 6.45) is 7.80. The van der Waals surface area contributed by atoms with Gasteiger partial charge >= 0.3 is 0 Å². The Morgan fingerprint density at radius 1 is 1.03 bits per heavy atom. The number of carbonyl (C=O) groups excluding carboxylic acids is 1. The predicted octanol–water partition coefficient (Wildman–Crippen LogP) is 3.39. The van der Waals surface area contributed by atoms with Crippen LogP contribution < -0.4 is 9.62 Å². The molecule has 0 saturated heterocycles. The van der Waals surface area contributed by atoms with Crippen LogP contribution >= 0.6 is 0 Å². The molecule has 2 aromatic carbocycles. The third kappa shape index (κ3) is 5.40. The Labute approximate surface area is 176 Å². The van der Waals surface area contributed by atoms with Gasteiger partial charge in [-0.3, -0.25) is 4.79 Å². The van der Waals surface area contributed by atoms with Crippen LogP contribution in [0.1, 0.15) is 37.7 Å². The minimum Gasteiger partial charge on any atom is -0.504 e. The molecule has 1 aliphatic carbocycles. The third-order valence-electron chi connectivity index (χ3n) is 5.21. The molecule has 1 aliphatic rings. The normalized spacial score (nSPS) is 15.4. The van der Waals surface area contributed by atoms with Gasteiger partial charge in [0.2, 0.25) is 10.0 Å². The van der Waals surface area contributed by atoms with Crippen LogP contribution in [0, 0.1) is 0 Å². The van der Waals surface area contributed by atoms with Crippen LogP contribution in [0.3, 0.4) is 0 Å². The van der Waals surface area contributed by atoms with E-state index in [1.807, 2.05) is 0 Å². The summed E-state index contributed by atoms with van der Waals surface area (Å²) in [5.74, 6) is -0.821. The van der Waals surface area contributed by atoms with Crippen molar-refractivity contribution in [2.45, 2.75) is 43.0 Å². The zero-order valence-corrected chi connectivity index (χ0v) is 17.6. The van der Waals surface area contributed by atoms with E-state index in [2.05, 4.69) is 4.72 Å². The molecule has 0 radical (unpaired) electrons. The lowest BCUT2D eigenvalue weighted by atomic mass is 9.96. The second-order valence-corrected chi connectivity index (χ2v) is 9.14. The van der Waals surface area contributed by atoms with E-state index in [4.69, 9.17) is 0 Å². The maximum atomic E-state index is 12.6. The maximum Gasteiger partial charge on any atom is 0.250 e. The zero-order chi connectivity index (χ0) is 21.7. The fraction of sp³-hybridized carbons (Fsp3) is 0.318. The van der Waals surface area contributed by atoms with Crippen molar-refractivity contribution in [1.29, 1.82) is 0 Å². The van der Waals surface area contributed by atoms with Gasteiger partial charge in [0.05, 0.1) is 4.90 Å². The molecule has 1 amide bonds. The van der Waals surface area contributed by atoms with Crippen LogP contribution in [0.4, 0.5) is 5.69 Å². The molecule has 0 spiro atoms. The quantitative estimate of drug-likeness (QED) is 0.481. The highest BCUT2D eigenvalue weighted by Gasteiger charge is 2.22. The molecular formula is C22H26N2O5S. The van der Waals surface area contributed by atoms with Gasteiger partial charge < -0.3 is 15.1 Å². The first kappa shape index (κ1) is 21.9. The molecule has 0 heterocycles. The molecule has 0 aromatic heterocycles. The van der Waals surface area contributed by atoms with Gasteiger partial charge in [0.1, 0.15) is 0 Å². The molecular weight excluding hydrogens is 404 g/mol. The van der Waals surface area contributed by atoms with Crippen LogP contribution in [0.5, 0.6) is 11.5 Å². The largest absolute Gasteiger partial charge is 0.504 e. The molecule has 8 heteroatoms. The smallest absolute Gasteiger partial charge is 0.250 e. The van der Waals surface area contributed by atoms with Gasteiger partial charge in [-0.1, -0.05) is 25.3 Å². The molecule has 0 atom stereocenters. The van der Waals surface area contributed by atoms with Gasteiger partial charge in [-0.2, -0.15) is 0 Å². The maximum absolute atomic E-state index is 12.6. The fourth-order valence-corrected chi connectivity index (χ4v) is 4.71. The number of benzene rings is 2. The average Bonchev–Trinajstić information content (AvgIpc) is 2.74. The lowest BCUT2D eigenvalue weighted by Crippen LogP contribution is -2.36. The van der Waals surface area contributed by atoms with Crippen molar-refractivity contribution in [2.75, 3.05) is 11.9 Å². The summed E-state index contributed by atoms with van der Waals surface area (Å²) in [7, 11) is -2.00. The lowest BCUT2D eigenvalue weighted by Gasteiger charge is -2.22. The van der Waals surface area contributed by atoms with Gasteiger partial charge in [-0.05, 0) is 60.9 Å². The van der Waals surface area contributed by atoms with Gasteiger partial charge in [0.15, 0.2) is 11.5 Å². The number of likely N-dealkylation sites (N-methyl/N-ethyl adjacent to an activating group) is 1. The van der Waals surface area contributed by atoms with Crippen molar-refractivity contribution in [3.63, 3.8) is 0 Å². The van der Waals surface area contributed by atoms with E-state index in [1.54, 1.807) is 25.2 Å². The Morgan fingerprint density at radius 2 is 1.70 bits per heavy atom. The van der Waals surface area contributed by atoms with Crippen LogP contribution in [-0.4, -0.2) is 37.6 Å². The number of phenolic OH excluding ortho intramolecular Hbond substituents is 2. The number of aromatic hydroxyl groups is 2. The number of hydrogen-bond donors (Lipinski definition) is 3. The van der Waals surface area contributed by atoms with E-state index >= 15 is 0 Å². The summed E-state index contributed by atoms with van der Waals surface area (Å²) in [5.41, 5.74) is 1.11. The van der Waals surface area contributed by atoms with E-state index in [1.165, 1.54) is 41.3 Å². The number of carbonyl (C=O) groups is 1. The van der Waals surface area contributed by atoms with Crippen LogP contribution in [0.25, 0.3) is 6.08 Å². The van der Waals surface area contributed by atoms with E-state index in [-0.39, 0.29) is 28.3 Å². The number of phenols is 2. The molecule has 0 aliphatic heterocycles. The van der Waals surface area contributed by atoms with Crippen molar-refractivity contribution in [1.82, 2.24) is 4.72 Å². The first-order valence-electron chi connectivity index (χ1n) is 9.86. The van der Waals surface area contributed by atoms with Gasteiger partial charge in [0.25, 0.3) is 5.91 Å². The number of sulfonamides is 1. The topological polar surface area (TPSA) is 107 Å². The molecule has 0 unspecified atom stereocenters. The monoisotopic (exact) mass is 430 g/mol. The number of hydrogen-bond acceptors (Lipinski definition) is 5. The summed E-state index contributed by atoms with van der Waals surface area (Å²) in [5, 5.41) is 18.8. The Hall–Kier alpha value is -2.84. The summed E-state index contributed by atoms with van der Waals surface area (Å²) in [6.45, 7) is 0. The summed E-state index contributed by atoms with van der Waals surface area (Å²) in [6, 6.07) is 10.4. The van der Waals surface area contributed by atoms with E-state index in [0.29, 0.717) is 11.3 Å². The molecule has 2 aromatic rings.